The van der Waals surface area contributed by atoms with Gasteiger partial charge < -0.3 is 9.84 Å². The van der Waals surface area contributed by atoms with Crippen LogP contribution in [-0.2, 0) is 10.8 Å². The van der Waals surface area contributed by atoms with E-state index in [2.05, 4.69) is 41.5 Å². The molecule has 0 bridgehead atoms. The Morgan fingerprint density at radius 1 is 0.941 bits per heavy atom. The highest BCUT2D eigenvalue weighted by Gasteiger charge is 2.29. The number of benzene rings is 1. The summed E-state index contributed by atoms with van der Waals surface area (Å²) >= 11 is 0. The third-order valence-corrected chi connectivity index (χ3v) is 2.86. The molecular weight excluding hydrogens is 212 g/mol. The van der Waals surface area contributed by atoms with Crippen LogP contribution in [0.4, 0.5) is 0 Å². The minimum Gasteiger partial charge on any atom is -0.508 e. The van der Waals surface area contributed by atoms with Crippen molar-refractivity contribution in [1.29, 1.82) is 0 Å². The van der Waals surface area contributed by atoms with Crippen LogP contribution in [0.15, 0.2) is 12.1 Å². The molecule has 17 heavy (non-hydrogen) atoms. The molecule has 1 aromatic rings. The van der Waals surface area contributed by atoms with E-state index in [0.29, 0.717) is 0 Å². The molecule has 96 valence electrons. The summed E-state index contributed by atoms with van der Waals surface area (Å²) in [5, 5.41) is 9.80. The standard InChI is InChI=1S/C15H24O2/c1-14(2,3)11-8-10(16)9-12(17-7)13(11)15(4,5)6/h8-9,16H,1-7H3. The predicted octanol–water partition coefficient (Wildman–Crippen LogP) is 4.00. The fourth-order valence-corrected chi connectivity index (χ4v) is 2.13. The fraction of sp³-hybridized carbons (Fsp3) is 0.600. The van der Waals surface area contributed by atoms with Gasteiger partial charge in [-0.3, -0.25) is 0 Å². The van der Waals surface area contributed by atoms with Gasteiger partial charge in [-0.1, -0.05) is 41.5 Å². The van der Waals surface area contributed by atoms with Crippen LogP contribution in [0.3, 0.4) is 0 Å². The van der Waals surface area contributed by atoms with E-state index in [4.69, 9.17) is 4.74 Å². The van der Waals surface area contributed by atoms with Crippen molar-refractivity contribution < 1.29 is 9.84 Å². The van der Waals surface area contributed by atoms with E-state index in [-0.39, 0.29) is 16.6 Å². The summed E-state index contributed by atoms with van der Waals surface area (Å²) < 4.78 is 5.43. The highest BCUT2D eigenvalue weighted by Crippen LogP contribution is 2.42. The molecule has 0 aliphatic carbocycles. The molecule has 0 aliphatic heterocycles. The molecule has 1 aromatic carbocycles. The second-order valence-corrected chi connectivity index (χ2v) is 6.57. The number of hydrogen-bond acceptors (Lipinski definition) is 2. The van der Waals surface area contributed by atoms with Crippen LogP contribution < -0.4 is 4.74 Å². The highest BCUT2D eigenvalue weighted by atomic mass is 16.5. The molecule has 1 rings (SSSR count). The minimum atomic E-state index is -0.0192. The third-order valence-electron chi connectivity index (χ3n) is 2.86. The molecule has 1 N–H and O–H groups in total. The van der Waals surface area contributed by atoms with Crippen molar-refractivity contribution in [3.05, 3.63) is 23.3 Å². The van der Waals surface area contributed by atoms with Crippen molar-refractivity contribution in [2.24, 2.45) is 0 Å². The molecule has 0 fully saturated rings. The lowest BCUT2D eigenvalue weighted by Crippen LogP contribution is -2.22. The number of phenols is 1. The number of aromatic hydroxyl groups is 1. The van der Waals surface area contributed by atoms with E-state index in [1.807, 2.05) is 6.07 Å². The first-order chi connectivity index (χ1) is 7.57. The summed E-state index contributed by atoms with van der Waals surface area (Å²) in [7, 11) is 1.65. The quantitative estimate of drug-likeness (QED) is 0.798. The molecule has 0 aromatic heterocycles. The zero-order valence-corrected chi connectivity index (χ0v) is 12.0. The summed E-state index contributed by atoms with van der Waals surface area (Å²) in [4.78, 5) is 0. The maximum Gasteiger partial charge on any atom is 0.126 e. The van der Waals surface area contributed by atoms with E-state index in [1.54, 1.807) is 13.2 Å². The molecule has 0 radical (unpaired) electrons. The molecule has 0 saturated carbocycles. The molecule has 0 saturated heterocycles. The van der Waals surface area contributed by atoms with Crippen molar-refractivity contribution in [2.75, 3.05) is 7.11 Å². The van der Waals surface area contributed by atoms with Gasteiger partial charge in [-0.15, -0.1) is 0 Å². The lowest BCUT2D eigenvalue weighted by atomic mass is 9.74. The van der Waals surface area contributed by atoms with Crippen LogP contribution in [-0.4, -0.2) is 12.2 Å². The Kier molecular flexibility index (Phi) is 3.47. The molecule has 2 nitrogen and oxygen atoms in total. The van der Waals surface area contributed by atoms with E-state index in [1.165, 1.54) is 5.56 Å². The smallest absolute Gasteiger partial charge is 0.126 e. The molecule has 0 spiro atoms. The van der Waals surface area contributed by atoms with E-state index in [0.717, 1.165) is 11.3 Å². The number of hydrogen-bond donors (Lipinski definition) is 1. The summed E-state index contributed by atoms with van der Waals surface area (Å²) in [6, 6.07) is 3.54. The van der Waals surface area contributed by atoms with Gasteiger partial charge in [-0.2, -0.15) is 0 Å². The van der Waals surface area contributed by atoms with Crippen molar-refractivity contribution >= 4 is 0 Å². The third kappa shape index (κ3) is 2.93. The van der Waals surface area contributed by atoms with Gasteiger partial charge in [0.05, 0.1) is 7.11 Å². The largest absolute Gasteiger partial charge is 0.508 e. The molecule has 0 aliphatic rings. The fourth-order valence-electron chi connectivity index (χ4n) is 2.13. The lowest BCUT2D eigenvalue weighted by molar-refractivity contribution is 0.385. The lowest BCUT2D eigenvalue weighted by Gasteiger charge is -2.31. The zero-order valence-electron chi connectivity index (χ0n) is 12.0. The SMILES string of the molecule is COc1cc(O)cc(C(C)(C)C)c1C(C)(C)C. The molecule has 0 heterocycles. The van der Waals surface area contributed by atoms with Gasteiger partial charge in [0, 0.05) is 11.6 Å². The van der Waals surface area contributed by atoms with Gasteiger partial charge in [0.1, 0.15) is 11.5 Å². The summed E-state index contributed by atoms with van der Waals surface area (Å²) in [6.07, 6.45) is 0. The molecule has 0 amide bonds. The molecule has 2 heteroatoms. The first-order valence-corrected chi connectivity index (χ1v) is 5.99. The first-order valence-electron chi connectivity index (χ1n) is 5.99. The van der Waals surface area contributed by atoms with Crippen LogP contribution in [0.1, 0.15) is 52.7 Å². The number of phenolic OH excluding ortho intramolecular Hbond substituents is 1. The first kappa shape index (κ1) is 13.9. The Morgan fingerprint density at radius 3 is 1.82 bits per heavy atom. The number of methoxy groups -OCH3 is 1. The summed E-state index contributed by atoms with van der Waals surface area (Å²) in [5.74, 6) is 1.03. The molecule has 0 atom stereocenters. The van der Waals surface area contributed by atoms with E-state index < -0.39 is 0 Å². The Morgan fingerprint density at radius 2 is 1.47 bits per heavy atom. The second kappa shape index (κ2) is 4.25. The number of ether oxygens (including phenoxy) is 1. The van der Waals surface area contributed by atoms with Crippen molar-refractivity contribution in [1.82, 2.24) is 0 Å². The second-order valence-electron chi connectivity index (χ2n) is 6.57. The Labute approximate surface area is 105 Å². The normalized spacial score (nSPS) is 12.6. The maximum absolute atomic E-state index is 9.80. The summed E-state index contributed by atoms with van der Waals surface area (Å²) in [5.41, 5.74) is 2.28. The van der Waals surface area contributed by atoms with Crippen molar-refractivity contribution in [3.8, 4) is 11.5 Å². The van der Waals surface area contributed by atoms with Gasteiger partial charge >= 0.3 is 0 Å². The molecular formula is C15H24O2. The van der Waals surface area contributed by atoms with Crippen molar-refractivity contribution in [2.45, 2.75) is 52.4 Å². The van der Waals surface area contributed by atoms with Gasteiger partial charge in [0.25, 0.3) is 0 Å². The average Bonchev–Trinajstić information content (AvgIpc) is 2.12. The summed E-state index contributed by atoms with van der Waals surface area (Å²) in [6.45, 7) is 12.9. The van der Waals surface area contributed by atoms with E-state index in [9.17, 15) is 5.11 Å². The van der Waals surface area contributed by atoms with Crippen LogP contribution in [0.5, 0.6) is 11.5 Å². The van der Waals surface area contributed by atoms with Crippen molar-refractivity contribution in [3.63, 3.8) is 0 Å². The predicted molar refractivity (Wildman–Crippen MR) is 72.1 cm³/mol. The topological polar surface area (TPSA) is 29.5 Å². The van der Waals surface area contributed by atoms with Crippen LogP contribution in [0.2, 0.25) is 0 Å². The minimum absolute atomic E-state index is 0.0122. The zero-order chi connectivity index (χ0) is 13.4. The average molecular weight is 236 g/mol. The van der Waals surface area contributed by atoms with Crippen LogP contribution in [0, 0.1) is 0 Å². The highest BCUT2D eigenvalue weighted by molar-refractivity contribution is 5.52. The Bertz CT molecular complexity index is 406. The maximum atomic E-state index is 9.80. The Hall–Kier alpha value is -1.18. The van der Waals surface area contributed by atoms with Crippen LogP contribution >= 0.6 is 0 Å². The number of rotatable bonds is 1. The van der Waals surface area contributed by atoms with Crippen LogP contribution in [0.25, 0.3) is 0 Å². The van der Waals surface area contributed by atoms with Gasteiger partial charge in [0.15, 0.2) is 0 Å². The van der Waals surface area contributed by atoms with E-state index >= 15 is 0 Å². The van der Waals surface area contributed by atoms with Gasteiger partial charge in [0.2, 0.25) is 0 Å². The van der Waals surface area contributed by atoms with Gasteiger partial charge in [-0.25, -0.2) is 0 Å². The molecule has 0 unspecified atom stereocenters. The monoisotopic (exact) mass is 236 g/mol. The Balaban J connectivity index is 3.63. The van der Waals surface area contributed by atoms with Gasteiger partial charge in [-0.05, 0) is 22.5 Å².